The minimum atomic E-state index is -4.02. The molecule has 14 nitrogen and oxygen atoms in total. The van der Waals surface area contributed by atoms with E-state index < -0.39 is 16.2 Å². The summed E-state index contributed by atoms with van der Waals surface area (Å²) in [5, 5.41) is 9.77. The van der Waals surface area contributed by atoms with Crippen molar-refractivity contribution < 1.29 is 32.8 Å². The van der Waals surface area contributed by atoms with Gasteiger partial charge in [-0.2, -0.15) is 13.5 Å². The number of primary amides is 1. The lowest BCUT2D eigenvalue weighted by Gasteiger charge is -2.31. The number of carbonyl (C=O) groups is 2. The number of aryl methyl sites for hydroxylation is 1. The molecule has 1 saturated carbocycles. The zero-order chi connectivity index (χ0) is 30.7. The van der Waals surface area contributed by atoms with Gasteiger partial charge in [0.2, 0.25) is 0 Å². The first-order valence-corrected chi connectivity index (χ1v) is 16.2. The summed E-state index contributed by atoms with van der Waals surface area (Å²) in [4.78, 5) is 36.2. The average molecular weight is 646 g/mol. The van der Waals surface area contributed by atoms with Crippen molar-refractivity contribution in [1.82, 2.24) is 24.5 Å². The van der Waals surface area contributed by atoms with E-state index in [-0.39, 0.29) is 28.4 Å². The van der Waals surface area contributed by atoms with Gasteiger partial charge in [0.05, 0.1) is 16.7 Å². The number of anilines is 1. The van der Waals surface area contributed by atoms with Gasteiger partial charge in [0, 0.05) is 49.6 Å². The summed E-state index contributed by atoms with van der Waals surface area (Å²) in [6, 6.07) is 7.99. The van der Waals surface area contributed by atoms with Crippen LogP contribution in [0.1, 0.15) is 48.7 Å². The molecular weight excluding hydrogens is 610 g/mol. The van der Waals surface area contributed by atoms with Crippen molar-refractivity contribution in [2.45, 2.75) is 56.6 Å². The molecule has 44 heavy (non-hydrogen) atoms. The third-order valence-corrected chi connectivity index (χ3v) is 9.11. The molecule has 0 spiro atoms. The van der Waals surface area contributed by atoms with Crippen LogP contribution in [0.25, 0.3) is 16.2 Å². The highest BCUT2D eigenvalue weighted by Gasteiger charge is 2.30. The summed E-state index contributed by atoms with van der Waals surface area (Å²) < 4.78 is 36.4. The number of nitrogens with zero attached hydrogens (tertiary/aromatic N) is 5. The minimum absolute atomic E-state index is 0. The Morgan fingerprint density at radius 1 is 1.14 bits per heavy atom. The van der Waals surface area contributed by atoms with Gasteiger partial charge in [-0.3, -0.25) is 9.35 Å². The summed E-state index contributed by atoms with van der Waals surface area (Å²) >= 11 is 1.55. The number of rotatable bonds is 7. The topological polar surface area (TPSA) is 214 Å². The number of ether oxygens (including phenoxy) is 1. The molecule has 6 rings (SSSR count). The molecule has 16 heteroatoms. The Kier molecular flexibility index (Phi) is 10.2. The fourth-order valence-corrected chi connectivity index (χ4v) is 6.06. The van der Waals surface area contributed by atoms with Crippen LogP contribution < -0.4 is 11.1 Å². The lowest BCUT2D eigenvalue weighted by Crippen LogP contribution is -2.42. The van der Waals surface area contributed by atoms with E-state index in [1.54, 1.807) is 45.1 Å². The standard InChI is InChI=1S/C21H25N7O3S.C7H8O3S.H2O/c1-12(13-2-3-13)24-17-10-16(19(29)27-6-4-14(5-7-27)31-21(22)30)25-18(26-17)15-11-23-28-8-9-32-20(15)28;1-6-2-4-7(5-3-6)11(8,9)10;/h8-14H,2-7H2,1H3,(H2,22,30)(H,24,25,26);2-5H,1H3,(H,8,9,10);1H2. The number of piperidine rings is 1. The quantitative estimate of drug-likeness (QED) is 0.250. The Morgan fingerprint density at radius 2 is 1.82 bits per heavy atom. The molecule has 1 unspecified atom stereocenters. The smallest absolute Gasteiger partial charge is 0.404 e. The van der Waals surface area contributed by atoms with E-state index in [1.807, 2.05) is 18.5 Å². The van der Waals surface area contributed by atoms with Crippen molar-refractivity contribution in [2.75, 3.05) is 18.4 Å². The van der Waals surface area contributed by atoms with Crippen LogP contribution in [-0.2, 0) is 14.9 Å². The predicted molar refractivity (Wildman–Crippen MR) is 164 cm³/mol. The van der Waals surface area contributed by atoms with Gasteiger partial charge in [0.1, 0.15) is 22.4 Å². The molecule has 1 aliphatic heterocycles. The molecule has 236 valence electrons. The van der Waals surface area contributed by atoms with E-state index in [2.05, 4.69) is 22.3 Å². The highest BCUT2D eigenvalue weighted by molar-refractivity contribution is 7.85. The normalized spacial score (nSPS) is 15.9. The van der Waals surface area contributed by atoms with Gasteiger partial charge in [0.25, 0.3) is 16.0 Å². The molecule has 1 aromatic carbocycles. The monoisotopic (exact) mass is 645 g/mol. The van der Waals surface area contributed by atoms with Crippen molar-refractivity contribution in [3.05, 3.63) is 59.4 Å². The molecule has 1 aliphatic carbocycles. The van der Waals surface area contributed by atoms with Crippen molar-refractivity contribution in [3.8, 4) is 11.4 Å². The molecule has 2 aliphatic rings. The third kappa shape index (κ3) is 8.07. The number of nitrogens with two attached hydrogens (primary N) is 1. The largest absolute Gasteiger partial charge is 0.446 e. The Balaban J connectivity index is 0.000000313. The van der Waals surface area contributed by atoms with E-state index in [0.29, 0.717) is 49.2 Å². The molecule has 4 heterocycles. The number of carbonyl (C=O) groups excluding carboxylic acids is 2. The highest BCUT2D eigenvalue weighted by Crippen LogP contribution is 2.34. The predicted octanol–water partition coefficient (Wildman–Crippen LogP) is 3.18. The van der Waals surface area contributed by atoms with Crippen LogP contribution in [-0.4, -0.2) is 80.2 Å². The van der Waals surface area contributed by atoms with E-state index in [9.17, 15) is 18.0 Å². The number of amides is 2. The second kappa shape index (κ2) is 13.7. The summed E-state index contributed by atoms with van der Waals surface area (Å²) in [5.74, 6) is 1.59. The second-order valence-electron chi connectivity index (χ2n) is 10.7. The van der Waals surface area contributed by atoms with Gasteiger partial charge in [-0.15, -0.1) is 11.3 Å². The number of thiazole rings is 1. The first-order valence-electron chi connectivity index (χ1n) is 13.8. The molecule has 2 amide bonds. The van der Waals surface area contributed by atoms with Gasteiger partial charge in [-0.1, -0.05) is 17.7 Å². The molecule has 6 N–H and O–H groups in total. The van der Waals surface area contributed by atoms with E-state index >= 15 is 0 Å². The number of hydrogen-bond acceptors (Lipinski definition) is 10. The van der Waals surface area contributed by atoms with Gasteiger partial charge < -0.3 is 26.2 Å². The fourth-order valence-electron chi connectivity index (χ4n) is 4.79. The molecule has 2 fully saturated rings. The van der Waals surface area contributed by atoms with Crippen LogP contribution in [0, 0.1) is 12.8 Å². The lowest BCUT2D eigenvalue weighted by atomic mass is 10.1. The zero-order valence-electron chi connectivity index (χ0n) is 24.2. The van der Waals surface area contributed by atoms with Crippen molar-refractivity contribution in [1.29, 1.82) is 0 Å². The van der Waals surface area contributed by atoms with Crippen LogP contribution in [0.3, 0.4) is 0 Å². The molecule has 1 atom stereocenters. The number of fused-ring (bicyclic) bond motifs is 1. The second-order valence-corrected chi connectivity index (χ2v) is 13.0. The Bertz CT molecular complexity index is 1710. The zero-order valence-corrected chi connectivity index (χ0v) is 25.8. The fraction of sp³-hybridized carbons (Fsp3) is 0.393. The maximum atomic E-state index is 13.3. The van der Waals surface area contributed by atoms with E-state index in [4.69, 9.17) is 20.0 Å². The van der Waals surface area contributed by atoms with Gasteiger partial charge in [-0.05, 0) is 44.7 Å². The SMILES string of the molecule is CC(Nc1cc(C(=O)N2CCC(OC(N)=O)CC2)nc(-c2cnn3ccsc23)n1)C1CC1.Cc1ccc(S(=O)(=O)O)cc1.O. The maximum absolute atomic E-state index is 13.3. The summed E-state index contributed by atoms with van der Waals surface area (Å²) in [6.45, 7) is 4.93. The lowest BCUT2D eigenvalue weighted by molar-refractivity contribution is 0.0451. The van der Waals surface area contributed by atoms with Crippen LogP contribution >= 0.6 is 11.3 Å². The van der Waals surface area contributed by atoms with Gasteiger partial charge >= 0.3 is 6.09 Å². The molecule has 3 aromatic heterocycles. The van der Waals surface area contributed by atoms with E-state index in [0.717, 1.165) is 16.0 Å². The van der Waals surface area contributed by atoms with Crippen molar-refractivity contribution >= 4 is 44.1 Å². The van der Waals surface area contributed by atoms with Crippen molar-refractivity contribution in [2.24, 2.45) is 11.7 Å². The van der Waals surface area contributed by atoms with Gasteiger partial charge in [0.15, 0.2) is 5.82 Å². The Hall–Kier alpha value is -4.12. The Labute approximate surface area is 258 Å². The average Bonchev–Trinajstić information content (AvgIpc) is 3.58. The first kappa shape index (κ1) is 32.8. The Morgan fingerprint density at radius 3 is 2.43 bits per heavy atom. The summed E-state index contributed by atoms with van der Waals surface area (Å²) in [6.07, 6.45) is 6.09. The van der Waals surface area contributed by atoms with Crippen LogP contribution in [0.4, 0.5) is 10.6 Å². The minimum Gasteiger partial charge on any atom is -0.446 e. The molecular formula is C28H35N7O7S2. The number of benzene rings is 1. The molecule has 0 radical (unpaired) electrons. The number of likely N-dealkylation sites (tertiary alicyclic amines) is 1. The van der Waals surface area contributed by atoms with Crippen LogP contribution in [0.15, 0.2) is 53.0 Å². The van der Waals surface area contributed by atoms with Crippen LogP contribution in [0.2, 0.25) is 0 Å². The summed E-state index contributed by atoms with van der Waals surface area (Å²) in [7, 11) is -4.02. The van der Waals surface area contributed by atoms with Crippen LogP contribution in [0.5, 0.6) is 0 Å². The van der Waals surface area contributed by atoms with Gasteiger partial charge in [-0.25, -0.2) is 19.3 Å². The summed E-state index contributed by atoms with van der Waals surface area (Å²) in [5.41, 5.74) is 7.21. The molecule has 0 bridgehead atoms. The number of hydrogen-bond donors (Lipinski definition) is 3. The number of nitrogens with one attached hydrogen (secondary N) is 1. The third-order valence-electron chi connectivity index (χ3n) is 7.35. The first-order chi connectivity index (χ1) is 20.5. The maximum Gasteiger partial charge on any atom is 0.404 e. The number of aromatic nitrogens is 4. The molecule has 4 aromatic rings. The van der Waals surface area contributed by atoms with E-state index in [1.165, 1.54) is 25.0 Å². The highest BCUT2D eigenvalue weighted by atomic mass is 32.2. The van der Waals surface area contributed by atoms with Crippen molar-refractivity contribution in [3.63, 3.8) is 0 Å². The molecule has 1 saturated heterocycles.